The van der Waals surface area contributed by atoms with Gasteiger partial charge in [-0.25, -0.2) is 12.7 Å². The molecule has 0 amide bonds. The molecule has 0 aromatic heterocycles. The van der Waals surface area contributed by atoms with Crippen molar-refractivity contribution in [1.82, 2.24) is 4.31 Å². The van der Waals surface area contributed by atoms with E-state index in [1.807, 2.05) is 6.92 Å². The van der Waals surface area contributed by atoms with Gasteiger partial charge >= 0.3 is 0 Å². The molecule has 4 nitrogen and oxygen atoms in total. The molecule has 0 saturated carbocycles. The Balaban J connectivity index is 3.17. The molecule has 1 atom stereocenters. The minimum atomic E-state index is -3.43. The molecule has 0 spiro atoms. The summed E-state index contributed by atoms with van der Waals surface area (Å²) in [4.78, 5) is 0.957. The van der Waals surface area contributed by atoms with Crippen molar-refractivity contribution in [3.63, 3.8) is 0 Å². The quantitative estimate of drug-likeness (QED) is 0.826. The van der Waals surface area contributed by atoms with Crippen LogP contribution in [0.3, 0.4) is 0 Å². The molecule has 1 aromatic carbocycles. The van der Waals surface area contributed by atoms with Gasteiger partial charge in [-0.1, -0.05) is 19.1 Å². The van der Waals surface area contributed by atoms with Crippen LogP contribution in [0.5, 0.6) is 0 Å². The molecule has 6 heteroatoms. The van der Waals surface area contributed by atoms with Crippen molar-refractivity contribution in [3.8, 4) is 0 Å². The van der Waals surface area contributed by atoms with Crippen LogP contribution in [0, 0.1) is 0 Å². The number of thioether (sulfide) groups is 1. The van der Waals surface area contributed by atoms with Crippen molar-refractivity contribution in [2.75, 3.05) is 20.7 Å². The standard InChI is InChI=1S/C11H17NO3S2/c1-9(8-13)16-10-6-4-5-7-11(10)17(14,15)12(2)3/h4-7,9,13H,8H2,1-3H3. The van der Waals surface area contributed by atoms with E-state index in [4.69, 9.17) is 5.11 Å². The highest BCUT2D eigenvalue weighted by Gasteiger charge is 2.21. The van der Waals surface area contributed by atoms with Crippen molar-refractivity contribution >= 4 is 21.8 Å². The third-order valence-electron chi connectivity index (χ3n) is 2.19. The van der Waals surface area contributed by atoms with E-state index in [0.29, 0.717) is 4.90 Å². The molecule has 1 aromatic rings. The van der Waals surface area contributed by atoms with E-state index in [9.17, 15) is 8.42 Å². The Morgan fingerprint density at radius 2 is 1.94 bits per heavy atom. The fourth-order valence-electron chi connectivity index (χ4n) is 1.21. The van der Waals surface area contributed by atoms with Crippen LogP contribution in [0.25, 0.3) is 0 Å². The molecule has 17 heavy (non-hydrogen) atoms. The van der Waals surface area contributed by atoms with E-state index in [0.717, 1.165) is 0 Å². The first-order valence-corrected chi connectivity index (χ1v) is 7.50. The Labute approximate surface area is 107 Å². The van der Waals surface area contributed by atoms with Crippen molar-refractivity contribution in [2.45, 2.75) is 22.0 Å². The smallest absolute Gasteiger partial charge is 0.243 e. The first-order chi connectivity index (χ1) is 7.89. The van der Waals surface area contributed by atoms with Crippen LogP contribution < -0.4 is 0 Å². The molecule has 0 aliphatic carbocycles. The second kappa shape index (κ2) is 5.86. The van der Waals surface area contributed by atoms with E-state index in [2.05, 4.69) is 0 Å². The van der Waals surface area contributed by atoms with E-state index < -0.39 is 10.0 Å². The molecule has 96 valence electrons. The number of sulfonamides is 1. The van der Waals surface area contributed by atoms with E-state index in [1.165, 1.54) is 30.2 Å². The molecule has 0 bridgehead atoms. The molecule has 0 heterocycles. The third-order valence-corrected chi connectivity index (χ3v) is 5.36. The first-order valence-electron chi connectivity index (χ1n) is 5.18. The van der Waals surface area contributed by atoms with E-state index in [1.54, 1.807) is 24.3 Å². The summed E-state index contributed by atoms with van der Waals surface area (Å²) in [6.45, 7) is 1.87. The number of aliphatic hydroxyl groups excluding tert-OH is 1. The van der Waals surface area contributed by atoms with Gasteiger partial charge in [-0.2, -0.15) is 0 Å². The van der Waals surface area contributed by atoms with E-state index >= 15 is 0 Å². The molecule has 1 unspecified atom stereocenters. The molecule has 0 radical (unpaired) electrons. The number of hydrogen-bond acceptors (Lipinski definition) is 4. The molecule has 0 aliphatic heterocycles. The van der Waals surface area contributed by atoms with Gasteiger partial charge in [-0.3, -0.25) is 0 Å². The van der Waals surface area contributed by atoms with Gasteiger partial charge in [0.2, 0.25) is 10.0 Å². The molecular weight excluding hydrogens is 258 g/mol. The SMILES string of the molecule is CC(CO)Sc1ccccc1S(=O)(=O)N(C)C. The molecule has 1 rings (SSSR count). The molecule has 0 fully saturated rings. The number of rotatable bonds is 5. The van der Waals surface area contributed by atoms with Gasteiger partial charge in [0.05, 0.1) is 11.5 Å². The summed E-state index contributed by atoms with van der Waals surface area (Å²) < 4.78 is 25.3. The number of hydrogen-bond donors (Lipinski definition) is 1. The zero-order valence-electron chi connectivity index (χ0n) is 10.1. The third kappa shape index (κ3) is 3.45. The minimum Gasteiger partial charge on any atom is -0.395 e. The summed E-state index contributed by atoms with van der Waals surface area (Å²) in [5.41, 5.74) is 0. The highest BCUT2D eigenvalue weighted by molar-refractivity contribution is 8.00. The Morgan fingerprint density at radius 3 is 2.47 bits per heavy atom. The lowest BCUT2D eigenvalue weighted by Gasteiger charge is -2.16. The predicted molar refractivity (Wildman–Crippen MR) is 69.7 cm³/mol. The Bertz CT molecular complexity index is 471. The zero-order chi connectivity index (χ0) is 13.1. The molecular formula is C11H17NO3S2. The lowest BCUT2D eigenvalue weighted by atomic mass is 10.4. The largest absolute Gasteiger partial charge is 0.395 e. The summed E-state index contributed by atoms with van der Waals surface area (Å²) in [5, 5.41) is 8.98. The first kappa shape index (κ1) is 14.5. The van der Waals surface area contributed by atoms with Crippen molar-refractivity contribution in [1.29, 1.82) is 0 Å². The maximum absolute atomic E-state index is 12.1. The van der Waals surface area contributed by atoms with Crippen LogP contribution in [-0.2, 0) is 10.0 Å². The van der Waals surface area contributed by atoms with Gasteiger partial charge in [-0.05, 0) is 12.1 Å². The lowest BCUT2D eigenvalue weighted by molar-refractivity contribution is 0.300. The Hall–Kier alpha value is -0.560. The summed E-state index contributed by atoms with van der Waals surface area (Å²) in [6.07, 6.45) is 0. The van der Waals surface area contributed by atoms with Crippen LogP contribution in [-0.4, -0.2) is 43.8 Å². The monoisotopic (exact) mass is 275 g/mol. The normalized spacial score (nSPS) is 13.9. The summed E-state index contributed by atoms with van der Waals surface area (Å²) in [6, 6.07) is 6.83. The van der Waals surface area contributed by atoms with Crippen molar-refractivity contribution in [3.05, 3.63) is 24.3 Å². The maximum Gasteiger partial charge on any atom is 0.243 e. The number of benzene rings is 1. The van der Waals surface area contributed by atoms with Crippen molar-refractivity contribution in [2.24, 2.45) is 0 Å². The topological polar surface area (TPSA) is 57.6 Å². The molecule has 0 aliphatic rings. The van der Waals surface area contributed by atoms with Crippen LogP contribution in [0.4, 0.5) is 0 Å². The van der Waals surface area contributed by atoms with Crippen LogP contribution in [0.1, 0.15) is 6.92 Å². The summed E-state index contributed by atoms with van der Waals surface area (Å²) >= 11 is 1.36. The highest BCUT2D eigenvalue weighted by Crippen LogP contribution is 2.30. The number of aliphatic hydroxyl groups is 1. The summed E-state index contributed by atoms with van der Waals surface area (Å²) in [7, 11) is -0.418. The molecule has 0 saturated heterocycles. The Kier molecular flexibility index (Phi) is 5.00. The van der Waals surface area contributed by atoms with Crippen LogP contribution >= 0.6 is 11.8 Å². The second-order valence-corrected chi connectivity index (χ2v) is 7.45. The van der Waals surface area contributed by atoms with Gasteiger partial charge in [0.1, 0.15) is 0 Å². The highest BCUT2D eigenvalue weighted by atomic mass is 32.2. The minimum absolute atomic E-state index is 0.0149. The zero-order valence-corrected chi connectivity index (χ0v) is 11.8. The molecule has 1 N–H and O–H groups in total. The van der Waals surface area contributed by atoms with Crippen LogP contribution in [0.2, 0.25) is 0 Å². The van der Waals surface area contributed by atoms with Gasteiger partial charge in [-0.15, -0.1) is 11.8 Å². The second-order valence-electron chi connectivity index (χ2n) is 3.85. The lowest BCUT2D eigenvalue weighted by Crippen LogP contribution is -2.23. The van der Waals surface area contributed by atoms with Gasteiger partial charge in [0.15, 0.2) is 0 Å². The van der Waals surface area contributed by atoms with E-state index in [-0.39, 0.29) is 16.8 Å². The Morgan fingerprint density at radius 1 is 1.35 bits per heavy atom. The summed E-state index contributed by atoms with van der Waals surface area (Å²) in [5.74, 6) is 0. The van der Waals surface area contributed by atoms with Gasteiger partial charge < -0.3 is 5.11 Å². The fourth-order valence-corrected chi connectivity index (χ4v) is 3.49. The van der Waals surface area contributed by atoms with Crippen LogP contribution in [0.15, 0.2) is 34.1 Å². The predicted octanol–water partition coefficient (Wildman–Crippen LogP) is 1.41. The maximum atomic E-state index is 12.1. The van der Waals surface area contributed by atoms with Gasteiger partial charge in [0, 0.05) is 24.2 Å². The number of nitrogens with zero attached hydrogens (tertiary/aromatic N) is 1. The average molecular weight is 275 g/mol. The average Bonchev–Trinajstić information content (AvgIpc) is 2.29. The van der Waals surface area contributed by atoms with Crippen molar-refractivity contribution < 1.29 is 13.5 Å². The van der Waals surface area contributed by atoms with Gasteiger partial charge in [0.25, 0.3) is 0 Å². The fraction of sp³-hybridized carbons (Fsp3) is 0.455.